The number of imide groups is 1. The molecule has 4 rings (SSSR count). The average molecular weight is 537 g/mol. The third-order valence-corrected chi connectivity index (χ3v) is 7.34. The maximum Gasteiger partial charge on any atom is 0.254 e. The second-order valence-corrected chi connectivity index (χ2v) is 10.2. The average Bonchev–Trinajstić information content (AvgIpc) is 3.25. The minimum Gasteiger partial charge on any atom is -0.508 e. The van der Waals surface area contributed by atoms with Crippen LogP contribution in [0.2, 0.25) is 0 Å². The van der Waals surface area contributed by atoms with Crippen LogP contribution in [0.15, 0.2) is 18.2 Å². The number of hydrogen-bond acceptors (Lipinski definition) is 8. The summed E-state index contributed by atoms with van der Waals surface area (Å²) in [5, 5.41) is 43.8. The quantitative estimate of drug-likeness (QED) is 0.129. The van der Waals surface area contributed by atoms with Gasteiger partial charge in [-0.2, -0.15) is 0 Å². The summed E-state index contributed by atoms with van der Waals surface area (Å²) < 4.78 is 0. The maximum atomic E-state index is 12.3. The van der Waals surface area contributed by atoms with Crippen LogP contribution in [0.1, 0.15) is 78.9 Å². The van der Waals surface area contributed by atoms with Gasteiger partial charge in [0.2, 0.25) is 12.3 Å². The molecule has 6 N–H and O–H groups in total. The van der Waals surface area contributed by atoms with Gasteiger partial charge in [-0.3, -0.25) is 19.7 Å². The van der Waals surface area contributed by atoms with Crippen LogP contribution in [0.25, 0.3) is 0 Å². The Kier molecular flexibility index (Phi) is 10.2. The van der Waals surface area contributed by atoms with Gasteiger partial charge in [-0.15, -0.1) is 0 Å². The van der Waals surface area contributed by atoms with Gasteiger partial charge in [0.1, 0.15) is 13.6 Å². The first kappa shape index (κ1) is 29.8. The molecule has 11 heteroatoms. The number of benzene rings is 2. The summed E-state index contributed by atoms with van der Waals surface area (Å²) in [6.45, 7) is 4.71. The van der Waals surface area contributed by atoms with Crippen LogP contribution < -0.4 is 16.1 Å². The van der Waals surface area contributed by atoms with E-state index in [4.69, 9.17) is 7.85 Å². The van der Waals surface area contributed by atoms with Crippen LogP contribution in [0.5, 0.6) is 23.0 Å². The van der Waals surface area contributed by atoms with Crippen molar-refractivity contribution in [2.45, 2.75) is 84.0 Å². The molecule has 2 radical (unpaired) electrons. The molecule has 1 aliphatic heterocycles. The highest BCUT2D eigenvalue weighted by Crippen LogP contribution is 2.40. The fourth-order valence-electron chi connectivity index (χ4n) is 4.95. The predicted octanol–water partition coefficient (Wildman–Crippen LogP) is 2.12. The smallest absolute Gasteiger partial charge is 0.254 e. The zero-order chi connectivity index (χ0) is 28.7. The first-order valence-corrected chi connectivity index (χ1v) is 13.2. The van der Waals surface area contributed by atoms with Crippen molar-refractivity contribution < 1.29 is 34.8 Å². The van der Waals surface area contributed by atoms with Crippen LogP contribution in [0.3, 0.4) is 0 Å². The number of nitrogens with zero attached hydrogens (tertiary/aromatic N) is 1. The molecule has 2 aromatic rings. The van der Waals surface area contributed by atoms with Crippen LogP contribution in [-0.2, 0) is 22.7 Å². The second-order valence-electron chi connectivity index (χ2n) is 10.2. The molecule has 1 atom stereocenters. The molecule has 0 saturated heterocycles. The van der Waals surface area contributed by atoms with Crippen molar-refractivity contribution in [2.75, 3.05) is 0 Å². The number of carbonyl (C=O) groups is 3. The van der Waals surface area contributed by atoms with Crippen LogP contribution in [0.4, 0.5) is 0 Å². The summed E-state index contributed by atoms with van der Waals surface area (Å²) in [7, 11) is 5.46. The minimum absolute atomic E-state index is 0.0169. The van der Waals surface area contributed by atoms with Gasteiger partial charge in [0.15, 0.2) is 17.2 Å². The van der Waals surface area contributed by atoms with E-state index < -0.39 is 23.0 Å². The number of aromatic hydroxyl groups is 4. The molecule has 2 aromatic carbocycles. The van der Waals surface area contributed by atoms with Gasteiger partial charge in [0.05, 0.1) is 5.56 Å². The Balaban J connectivity index is 0.000000216. The molecule has 1 fully saturated rings. The first-order chi connectivity index (χ1) is 18.5. The molecule has 0 spiro atoms. The Bertz CT molecular complexity index is 1190. The summed E-state index contributed by atoms with van der Waals surface area (Å²) in [5.41, 5.74) is 2.71. The number of amides is 3. The number of nitrogens with one attached hydrogen (secondary N) is 2. The van der Waals surface area contributed by atoms with Gasteiger partial charge in [0.25, 0.3) is 5.91 Å². The lowest BCUT2D eigenvalue weighted by Crippen LogP contribution is -2.34. The van der Waals surface area contributed by atoms with Crippen molar-refractivity contribution in [3.8, 4) is 23.0 Å². The number of rotatable bonds is 8. The lowest BCUT2D eigenvalue weighted by Gasteiger charge is -2.23. The van der Waals surface area contributed by atoms with Crippen molar-refractivity contribution in [1.29, 1.82) is 0 Å². The number of carbonyl (C=O) groups excluding carboxylic acids is 3. The van der Waals surface area contributed by atoms with E-state index in [2.05, 4.69) is 10.6 Å². The lowest BCUT2D eigenvalue weighted by molar-refractivity contribution is -0.125. The van der Waals surface area contributed by atoms with Gasteiger partial charge >= 0.3 is 0 Å². The highest BCUT2D eigenvalue weighted by atomic mass is 16.3. The van der Waals surface area contributed by atoms with Crippen molar-refractivity contribution in [3.05, 3.63) is 40.5 Å². The fraction of sp³-hybridized carbons (Fsp3) is 0.464. The van der Waals surface area contributed by atoms with Crippen LogP contribution >= 0.6 is 0 Å². The summed E-state index contributed by atoms with van der Waals surface area (Å²) in [4.78, 5) is 35.5. The van der Waals surface area contributed by atoms with E-state index in [1.54, 1.807) is 4.90 Å². The zero-order valence-electron chi connectivity index (χ0n) is 22.4. The minimum atomic E-state index is -0.698. The molecule has 10 nitrogen and oxygen atoms in total. The maximum absolute atomic E-state index is 12.3. The Morgan fingerprint density at radius 1 is 1.10 bits per heavy atom. The second kappa shape index (κ2) is 13.4. The molecule has 1 heterocycles. The van der Waals surface area contributed by atoms with E-state index in [1.165, 1.54) is 19.3 Å². The van der Waals surface area contributed by atoms with Crippen LogP contribution in [-0.4, -0.2) is 63.5 Å². The van der Waals surface area contributed by atoms with Crippen molar-refractivity contribution in [1.82, 2.24) is 15.5 Å². The Morgan fingerprint density at radius 3 is 2.46 bits per heavy atom. The Labute approximate surface area is 229 Å². The lowest BCUT2D eigenvalue weighted by atomic mass is 9.90. The molecular weight excluding hydrogens is 501 g/mol. The molecule has 208 valence electrons. The normalized spacial score (nSPS) is 15.7. The highest BCUT2D eigenvalue weighted by molar-refractivity contribution is 6.36. The van der Waals surface area contributed by atoms with Crippen LogP contribution in [0, 0.1) is 6.92 Å². The molecule has 1 saturated carbocycles. The topological polar surface area (TPSA) is 159 Å². The Hall–Kier alpha value is -3.73. The molecule has 3 amide bonds. The van der Waals surface area contributed by atoms with E-state index in [1.807, 2.05) is 32.0 Å². The monoisotopic (exact) mass is 537 g/mol. The molecule has 1 aliphatic carbocycles. The van der Waals surface area contributed by atoms with Crippen molar-refractivity contribution in [2.24, 2.45) is 0 Å². The third-order valence-electron chi connectivity index (χ3n) is 7.34. The highest BCUT2D eigenvalue weighted by Gasteiger charge is 2.30. The summed E-state index contributed by atoms with van der Waals surface area (Å²) in [6.07, 6.45) is 6.84. The van der Waals surface area contributed by atoms with E-state index in [0.717, 1.165) is 29.5 Å². The van der Waals surface area contributed by atoms with E-state index in [0.29, 0.717) is 25.4 Å². The molecule has 39 heavy (non-hydrogen) atoms. The van der Waals surface area contributed by atoms with Crippen molar-refractivity contribution >= 4 is 31.5 Å². The largest absolute Gasteiger partial charge is 0.508 e. The fourth-order valence-corrected chi connectivity index (χ4v) is 4.95. The van der Waals surface area contributed by atoms with E-state index >= 15 is 0 Å². The number of phenols is 4. The molecule has 1 unspecified atom stereocenters. The first-order valence-electron chi connectivity index (χ1n) is 13.2. The molecule has 0 bridgehead atoms. The SMILES string of the molecule is Cc1ccc2c(c1)CN(C(C)CCC(=O)NC=O)C2=O.[B]c1c(O)c(O)c(O)c(CNC2CCCCC2)c1O. The van der Waals surface area contributed by atoms with Gasteiger partial charge in [-0.1, -0.05) is 37.0 Å². The third kappa shape index (κ3) is 7.23. The van der Waals surface area contributed by atoms with Gasteiger partial charge in [0, 0.05) is 37.2 Å². The number of hydrogen-bond donors (Lipinski definition) is 6. The summed E-state index contributed by atoms with van der Waals surface area (Å²) >= 11 is 0. The molecule has 2 aliphatic rings. The number of aryl methyl sites for hydroxylation is 1. The van der Waals surface area contributed by atoms with Crippen molar-refractivity contribution in [3.63, 3.8) is 0 Å². The van der Waals surface area contributed by atoms with E-state index in [-0.39, 0.29) is 41.8 Å². The molecular formula is C28H36BN3O7. The zero-order valence-corrected chi connectivity index (χ0v) is 22.4. The Morgan fingerprint density at radius 2 is 1.79 bits per heavy atom. The number of phenolic OH excluding ortho intramolecular Hbond substituents is 4. The van der Waals surface area contributed by atoms with Gasteiger partial charge in [-0.05, 0) is 50.2 Å². The predicted molar refractivity (Wildman–Crippen MR) is 146 cm³/mol. The molecule has 0 aromatic heterocycles. The van der Waals surface area contributed by atoms with Gasteiger partial charge < -0.3 is 30.6 Å². The van der Waals surface area contributed by atoms with Gasteiger partial charge in [-0.25, -0.2) is 0 Å². The van der Waals surface area contributed by atoms with E-state index in [9.17, 15) is 34.8 Å². The standard InChI is InChI=1S/C15H18N2O3.C13H18BNO4/c1-10-3-5-13-12(7-10)8-17(15(13)20)11(2)4-6-14(19)16-9-18;14-9-10(16)8(11(17)13(19)12(9)18)6-15-7-4-2-1-3-5-7/h3,5,7,9,11H,4,6,8H2,1-2H3,(H,16,18,19);7,15-19H,1-6H2. The summed E-state index contributed by atoms with van der Waals surface area (Å²) in [6, 6.07) is 6.12. The summed E-state index contributed by atoms with van der Waals surface area (Å²) in [5.74, 6) is -2.62. The number of fused-ring (bicyclic) bond motifs is 1.